The van der Waals surface area contributed by atoms with Crippen LogP contribution in [-0.2, 0) is 6.54 Å². The number of nitrogens with zero attached hydrogens (tertiary/aromatic N) is 6. The van der Waals surface area contributed by atoms with Crippen molar-refractivity contribution in [2.75, 3.05) is 77.9 Å². The summed E-state index contributed by atoms with van der Waals surface area (Å²) in [5.41, 5.74) is 5.67. The summed E-state index contributed by atoms with van der Waals surface area (Å²) in [6.45, 7) is 30.2. The van der Waals surface area contributed by atoms with Crippen LogP contribution in [0.2, 0.25) is 0 Å². The predicted octanol–water partition coefficient (Wildman–Crippen LogP) is 7.84. The van der Waals surface area contributed by atoms with Crippen molar-refractivity contribution >= 4 is 16.6 Å². The van der Waals surface area contributed by atoms with E-state index in [0.29, 0.717) is 6.54 Å². The number of aliphatic hydroxyl groups excluding tert-OH is 1. The molecule has 0 bridgehead atoms. The van der Waals surface area contributed by atoms with Gasteiger partial charge in [-0.15, -0.1) is 0 Å². The van der Waals surface area contributed by atoms with E-state index >= 15 is 0 Å². The van der Waals surface area contributed by atoms with Gasteiger partial charge >= 0.3 is 0 Å². The first-order chi connectivity index (χ1) is 22.8. The maximum absolute atomic E-state index is 10.5. The van der Waals surface area contributed by atoms with Crippen LogP contribution in [0, 0.1) is 25.2 Å². The molecule has 1 N–H and O–H groups in total. The largest absolute Gasteiger partial charge is 0.390 e. The molecule has 2 aliphatic heterocycles. The average molecular weight is 649 g/mol. The molecule has 0 aliphatic carbocycles. The molecule has 7 nitrogen and oxygen atoms in total. The van der Waals surface area contributed by atoms with Crippen molar-refractivity contribution in [3.63, 3.8) is 0 Å². The van der Waals surface area contributed by atoms with Crippen molar-refractivity contribution < 1.29 is 5.11 Å². The summed E-state index contributed by atoms with van der Waals surface area (Å²) in [6, 6.07) is 18.5. The highest BCUT2D eigenvalue weighted by Crippen LogP contribution is 2.25. The van der Waals surface area contributed by atoms with Gasteiger partial charge in [-0.05, 0) is 65.6 Å². The van der Waals surface area contributed by atoms with Gasteiger partial charge in [0.05, 0.1) is 23.9 Å². The number of allylic oxidation sites excluding steroid dienone is 2. The van der Waals surface area contributed by atoms with Gasteiger partial charge in [-0.25, -0.2) is 0 Å². The fraction of sp³-hybridized carbons (Fsp3) is 0.575. The highest BCUT2D eigenvalue weighted by atomic mass is 16.3. The predicted molar refractivity (Wildman–Crippen MR) is 207 cm³/mol. The minimum Gasteiger partial charge on any atom is -0.390 e. The molecule has 3 heterocycles. The van der Waals surface area contributed by atoms with Gasteiger partial charge in [-0.1, -0.05) is 84.0 Å². The molecule has 47 heavy (non-hydrogen) atoms. The van der Waals surface area contributed by atoms with E-state index in [2.05, 4.69) is 82.4 Å². The van der Waals surface area contributed by atoms with Crippen molar-refractivity contribution in [2.45, 2.75) is 81.9 Å². The zero-order chi connectivity index (χ0) is 35.8. The molecule has 0 amide bonds. The number of aryl methyl sites for hydroxylation is 1. The second kappa shape index (κ2) is 25.9. The van der Waals surface area contributed by atoms with Gasteiger partial charge < -0.3 is 24.4 Å². The fourth-order valence-corrected chi connectivity index (χ4v) is 5.33. The number of piperazine rings is 2. The Bertz CT molecular complexity index is 1270. The molecule has 5 rings (SSSR count). The Labute approximate surface area is 289 Å². The first kappa shape index (κ1) is 43.9. The van der Waals surface area contributed by atoms with Crippen LogP contribution in [0.15, 0.2) is 60.7 Å². The lowest BCUT2D eigenvalue weighted by molar-refractivity contribution is 0.0714. The van der Waals surface area contributed by atoms with Crippen molar-refractivity contribution in [3.05, 3.63) is 77.5 Å². The number of hydrogen-bond acceptors (Lipinski definition) is 6. The van der Waals surface area contributed by atoms with Gasteiger partial charge in [0, 0.05) is 75.5 Å². The molecule has 0 radical (unpaired) electrons. The highest BCUT2D eigenvalue weighted by Gasteiger charge is 2.19. The zero-order valence-electron chi connectivity index (χ0n) is 32.1. The number of nitriles is 1. The molecule has 7 heteroatoms. The Kier molecular flexibility index (Phi) is 24.1. The number of fused-ring (bicyclic) bond motifs is 1. The molecule has 1 unspecified atom stereocenters. The summed E-state index contributed by atoms with van der Waals surface area (Å²) < 4.78 is 2.27. The monoisotopic (exact) mass is 649 g/mol. The maximum atomic E-state index is 10.5. The molecule has 2 aliphatic rings. The standard InChI is InChI=1S/C18H27N3O.C12H15N3.C4H8.3C2H6/c1-14-15(2)21(18-7-5-4-6-17(14)18)13-16(22)12-20-10-8-19(3)9-11-20;1-14-6-8-15(9-7-14)12-5-3-2-4-11(12)10-13;1-3-4-2;3*1-2/h4-7,16,22H,8-13H2,1-3H3;2-5H,6-9H2,1H3;3-4H,1-2H3;3*1-2H3/b;;4-3-;;;. The normalized spacial score (nSPS) is 15.6. The number of rotatable bonds is 5. The van der Waals surface area contributed by atoms with Crippen LogP contribution in [0.5, 0.6) is 0 Å². The third kappa shape index (κ3) is 14.7. The lowest BCUT2D eigenvalue weighted by atomic mass is 10.1. The Morgan fingerprint density at radius 1 is 0.723 bits per heavy atom. The summed E-state index contributed by atoms with van der Waals surface area (Å²) in [7, 11) is 4.29. The minimum absolute atomic E-state index is 0.322. The van der Waals surface area contributed by atoms with E-state index in [1.54, 1.807) is 0 Å². The van der Waals surface area contributed by atoms with Crippen molar-refractivity contribution in [1.82, 2.24) is 19.3 Å². The number of β-amino-alcohol motifs (C(OH)–C–C–N with tert-alkyl or cyclic N) is 1. The molecule has 264 valence electrons. The van der Waals surface area contributed by atoms with Crippen molar-refractivity contribution in [2.24, 2.45) is 0 Å². The van der Waals surface area contributed by atoms with Gasteiger partial charge in [0.2, 0.25) is 0 Å². The minimum atomic E-state index is -0.322. The van der Waals surface area contributed by atoms with Crippen LogP contribution in [0.3, 0.4) is 0 Å². The van der Waals surface area contributed by atoms with E-state index in [0.717, 1.165) is 70.2 Å². The summed E-state index contributed by atoms with van der Waals surface area (Å²) in [6.07, 6.45) is 3.68. The summed E-state index contributed by atoms with van der Waals surface area (Å²) >= 11 is 0. The molecule has 0 spiro atoms. The topological polar surface area (TPSA) is 61.9 Å². The van der Waals surface area contributed by atoms with E-state index in [-0.39, 0.29) is 6.10 Å². The Morgan fingerprint density at radius 2 is 1.21 bits per heavy atom. The van der Waals surface area contributed by atoms with Crippen molar-refractivity contribution in [1.29, 1.82) is 5.26 Å². The number of hydrogen-bond donors (Lipinski definition) is 1. The van der Waals surface area contributed by atoms with Gasteiger partial charge in [0.15, 0.2) is 0 Å². The van der Waals surface area contributed by atoms with Crippen LogP contribution < -0.4 is 4.90 Å². The van der Waals surface area contributed by atoms with Crippen LogP contribution in [-0.4, -0.2) is 103 Å². The van der Waals surface area contributed by atoms with Gasteiger partial charge in [-0.2, -0.15) is 5.26 Å². The fourth-order valence-electron chi connectivity index (χ4n) is 5.33. The lowest BCUT2D eigenvalue weighted by Gasteiger charge is -2.34. The SMILES string of the molecule is C/C=C\C.CC.CC.CC.CN1CCN(c2ccccc2C#N)CC1.Cc1c(C)n(CC(O)CN2CCN(C)CC2)c2ccccc12. The number of likely N-dealkylation sites (N-methyl/N-ethyl adjacent to an activating group) is 2. The molecule has 1 aromatic heterocycles. The maximum Gasteiger partial charge on any atom is 0.101 e. The van der Waals surface area contributed by atoms with Gasteiger partial charge in [-0.3, -0.25) is 4.90 Å². The number of para-hydroxylation sites is 2. The van der Waals surface area contributed by atoms with E-state index in [1.807, 2.05) is 91.8 Å². The third-order valence-corrected chi connectivity index (χ3v) is 8.21. The van der Waals surface area contributed by atoms with E-state index in [4.69, 9.17) is 5.26 Å². The zero-order valence-corrected chi connectivity index (χ0v) is 32.1. The van der Waals surface area contributed by atoms with Gasteiger partial charge in [0.1, 0.15) is 6.07 Å². The van der Waals surface area contributed by atoms with Crippen LogP contribution in [0.1, 0.15) is 72.2 Å². The smallest absolute Gasteiger partial charge is 0.101 e. The van der Waals surface area contributed by atoms with E-state index < -0.39 is 0 Å². The molecule has 2 fully saturated rings. The Balaban J connectivity index is 0.000000734. The second-order valence-corrected chi connectivity index (χ2v) is 11.2. The van der Waals surface area contributed by atoms with Crippen LogP contribution >= 0.6 is 0 Å². The van der Waals surface area contributed by atoms with Crippen LogP contribution in [0.4, 0.5) is 5.69 Å². The van der Waals surface area contributed by atoms with E-state index in [9.17, 15) is 5.11 Å². The summed E-state index contributed by atoms with van der Waals surface area (Å²) in [5, 5.41) is 20.8. The third-order valence-electron chi connectivity index (χ3n) is 8.21. The number of benzene rings is 2. The van der Waals surface area contributed by atoms with Crippen molar-refractivity contribution in [3.8, 4) is 6.07 Å². The van der Waals surface area contributed by atoms with Crippen LogP contribution in [0.25, 0.3) is 10.9 Å². The lowest BCUT2D eigenvalue weighted by Crippen LogP contribution is -2.47. The summed E-state index contributed by atoms with van der Waals surface area (Å²) in [5.74, 6) is 0. The van der Waals surface area contributed by atoms with E-state index in [1.165, 1.54) is 22.2 Å². The molecular formula is C40H68N6O. The first-order valence-corrected chi connectivity index (χ1v) is 17.9. The first-order valence-electron chi connectivity index (χ1n) is 17.9. The molecule has 3 aromatic rings. The number of aromatic nitrogens is 1. The Hall–Kier alpha value is -3.15. The number of aliphatic hydroxyl groups is 1. The highest BCUT2D eigenvalue weighted by molar-refractivity contribution is 5.85. The molecular weight excluding hydrogens is 580 g/mol. The second-order valence-electron chi connectivity index (χ2n) is 11.2. The average Bonchev–Trinajstić information content (AvgIpc) is 3.37. The molecule has 0 saturated carbocycles. The number of anilines is 1. The van der Waals surface area contributed by atoms with Gasteiger partial charge in [0.25, 0.3) is 0 Å². The Morgan fingerprint density at radius 3 is 1.74 bits per heavy atom. The summed E-state index contributed by atoms with van der Waals surface area (Å²) in [4.78, 5) is 9.32. The molecule has 1 atom stereocenters. The molecule has 2 saturated heterocycles. The quantitative estimate of drug-likeness (QED) is 0.285. The molecule has 2 aromatic carbocycles.